The van der Waals surface area contributed by atoms with Crippen molar-refractivity contribution in [2.45, 2.75) is 67.4 Å². The quantitative estimate of drug-likeness (QED) is 0.226. The van der Waals surface area contributed by atoms with Crippen LogP contribution in [-0.4, -0.2) is 12.7 Å². The van der Waals surface area contributed by atoms with Crippen molar-refractivity contribution in [1.29, 1.82) is 0 Å². The van der Waals surface area contributed by atoms with Crippen LogP contribution in [0.5, 0.6) is 0 Å². The summed E-state index contributed by atoms with van der Waals surface area (Å²) in [5.41, 5.74) is 4.71. The van der Waals surface area contributed by atoms with E-state index in [1.807, 2.05) is 13.0 Å². The lowest BCUT2D eigenvalue weighted by molar-refractivity contribution is 0.000267. The van der Waals surface area contributed by atoms with Crippen LogP contribution < -0.4 is 0 Å². The Morgan fingerprint density at radius 1 is 0.600 bits per heavy atom. The molecule has 0 N–H and O–H groups in total. The fourth-order valence-corrected chi connectivity index (χ4v) is 3.03. The minimum atomic E-state index is -1.41. The molecule has 1 aliphatic heterocycles. The van der Waals surface area contributed by atoms with Gasteiger partial charge in [0.1, 0.15) is 5.82 Å². The van der Waals surface area contributed by atoms with Gasteiger partial charge in [-0.1, -0.05) is 54.4 Å². The molecule has 0 aromatic heterocycles. The van der Waals surface area contributed by atoms with E-state index in [4.69, 9.17) is 4.74 Å². The number of hydrogen-bond acceptors (Lipinski definition) is 1. The van der Waals surface area contributed by atoms with Crippen LogP contribution in [0.25, 0.3) is 0 Å². The molecule has 5 heteroatoms. The molecule has 0 radical (unpaired) electrons. The highest BCUT2D eigenvalue weighted by Crippen LogP contribution is 2.17. The molecule has 1 heterocycles. The summed E-state index contributed by atoms with van der Waals surface area (Å²) in [6, 6.07) is 15.6. The van der Waals surface area contributed by atoms with Crippen molar-refractivity contribution in [3.05, 3.63) is 106 Å². The third-order valence-corrected chi connectivity index (χ3v) is 5.40. The van der Waals surface area contributed by atoms with Crippen LogP contribution in [0, 0.1) is 63.8 Å². The summed E-state index contributed by atoms with van der Waals surface area (Å²) < 4.78 is 54.6. The predicted octanol–water partition coefficient (Wildman–Crippen LogP) is 8.98. The van der Waals surface area contributed by atoms with Crippen LogP contribution in [0.15, 0.2) is 54.6 Å². The fraction of sp³-hybridized carbons (Fsp3) is 0.400. The van der Waals surface area contributed by atoms with Crippen LogP contribution in [0.3, 0.4) is 0 Å². The van der Waals surface area contributed by atoms with Crippen molar-refractivity contribution in [3.8, 4) is 0 Å². The number of hydrogen-bond donors (Lipinski definition) is 0. The van der Waals surface area contributed by atoms with Gasteiger partial charge in [0.2, 0.25) is 0 Å². The minimum absolute atomic E-state index is 0.116. The van der Waals surface area contributed by atoms with E-state index in [2.05, 4.69) is 52.0 Å². The molecule has 4 rings (SSSR count). The second-order valence-corrected chi connectivity index (χ2v) is 9.28. The average Bonchev–Trinajstić information content (AvgIpc) is 2.80. The molecule has 0 bridgehead atoms. The first-order valence-electron chi connectivity index (χ1n) is 11.9. The molecule has 1 fully saturated rings. The van der Waals surface area contributed by atoms with E-state index in [1.54, 1.807) is 13.0 Å². The minimum Gasteiger partial charge on any atom is -0.378 e. The maximum atomic E-state index is 12.6. The topological polar surface area (TPSA) is 9.23 Å². The van der Waals surface area contributed by atoms with Crippen molar-refractivity contribution in [2.75, 3.05) is 6.61 Å². The number of aryl methyl sites for hydroxylation is 5. The SMILES string of the molecule is CC1CCC(C)OC1.Cc1cc(F)c(F)c(F)c1.Cc1ccc(C)c(F)c1.Cc1ccc(C)cc1. The molecular weight excluding hydrogens is 452 g/mol. The second kappa shape index (κ2) is 15.4. The molecule has 2 atom stereocenters. The van der Waals surface area contributed by atoms with Crippen molar-refractivity contribution >= 4 is 0 Å². The van der Waals surface area contributed by atoms with Gasteiger partial charge in [-0.25, -0.2) is 17.6 Å². The van der Waals surface area contributed by atoms with Crippen molar-refractivity contribution in [2.24, 2.45) is 5.92 Å². The summed E-state index contributed by atoms with van der Waals surface area (Å²) in [4.78, 5) is 0. The highest BCUT2D eigenvalue weighted by molar-refractivity contribution is 5.22. The van der Waals surface area contributed by atoms with Crippen molar-refractivity contribution in [1.82, 2.24) is 0 Å². The first-order valence-corrected chi connectivity index (χ1v) is 11.9. The Bertz CT molecular complexity index is 969. The maximum Gasteiger partial charge on any atom is 0.194 e. The Morgan fingerprint density at radius 2 is 1.06 bits per heavy atom. The van der Waals surface area contributed by atoms with Gasteiger partial charge in [-0.2, -0.15) is 0 Å². The van der Waals surface area contributed by atoms with Gasteiger partial charge in [-0.05, 0) is 95.2 Å². The summed E-state index contributed by atoms with van der Waals surface area (Å²) >= 11 is 0. The molecule has 0 amide bonds. The average molecular weight is 491 g/mol. The second-order valence-electron chi connectivity index (χ2n) is 9.28. The Balaban J connectivity index is 0.000000234. The Morgan fingerprint density at radius 3 is 1.43 bits per heavy atom. The third kappa shape index (κ3) is 12.6. The monoisotopic (exact) mass is 490 g/mol. The van der Waals surface area contributed by atoms with E-state index in [0.717, 1.165) is 30.2 Å². The number of ether oxygens (including phenoxy) is 1. The molecule has 1 aliphatic rings. The van der Waals surface area contributed by atoms with Gasteiger partial charge in [-0.15, -0.1) is 0 Å². The molecule has 35 heavy (non-hydrogen) atoms. The lowest BCUT2D eigenvalue weighted by Crippen LogP contribution is -2.21. The van der Waals surface area contributed by atoms with Crippen LogP contribution in [-0.2, 0) is 4.74 Å². The lowest BCUT2D eigenvalue weighted by atomic mass is 10.0. The van der Waals surface area contributed by atoms with E-state index in [-0.39, 0.29) is 5.82 Å². The van der Waals surface area contributed by atoms with Crippen LogP contribution >= 0.6 is 0 Å². The van der Waals surface area contributed by atoms with Gasteiger partial charge in [0.25, 0.3) is 0 Å². The van der Waals surface area contributed by atoms with E-state index in [1.165, 1.54) is 37.0 Å². The van der Waals surface area contributed by atoms with Gasteiger partial charge in [-0.3, -0.25) is 0 Å². The number of halogens is 4. The van der Waals surface area contributed by atoms with E-state index in [0.29, 0.717) is 17.2 Å². The fourth-order valence-electron chi connectivity index (χ4n) is 3.03. The molecule has 3 aromatic rings. The number of rotatable bonds is 0. The maximum absolute atomic E-state index is 12.6. The normalized spacial score (nSPS) is 16.5. The molecule has 0 spiro atoms. The Hall–Kier alpha value is -2.66. The summed E-state index contributed by atoms with van der Waals surface area (Å²) in [6.45, 7) is 14.7. The van der Waals surface area contributed by atoms with Crippen molar-refractivity contribution in [3.63, 3.8) is 0 Å². The molecule has 2 unspecified atom stereocenters. The molecule has 3 aromatic carbocycles. The zero-order chi connectivity index (χ0) is 26.5. The standard InChI is InChI=1S/C8H9F.C8H10.C7H5F3.C7H14O/c1-6-3-4-7(2)8(9)5-6;1-7-3-5-8(2)6-4-7;1-4-2-5(8)7(10)6(9)3-4;1-6-3-4-7(2)8-5-6/h3-5H,1-2H3;3-6H,1-2H3;2-3H,1H3;6-7H,3-5H2,1-2H3. The molecular formula is C30H38F4O. The van der Waals surface area contributed by atoms with E-state index >= 15 is 0 Å². The molecule has 0 aliphatic carbocycles. The van der Waals surface area contributed by atoms with E-state index < -0.39 is 17.5 Å². The summed E-state index contributed by atoms with van der Waals surface area (Å²) in [5, 5.41) is 0. The van der Waals surface area contributed by atoms with E-state index in [9.17, 15) is 17.6 Å². The predicted molar refractivity (Wildman–Crippen MR) is 137 cm³/mol. The first kappa shape index (κ1) is 30.4. The Kier molecular flexibility index (Phi) is 13.3. The number of benzene rings is 3. The lowest BCUT2D eigenvalue weighted by Gasteiger charge is -2.23. The summed E-state index contributed by atoms with van der Waals surface area (Å²) in [7, 11) is 0. The Labute approximate surface area is 208 Å². The van der Waals surface area contributed by atoms with Crippen LogP contribution in [0.1, 0.15) is 54.5 Å². The smallest absolute Gasteiger partial charge is 0.194 e. The van der Waals surface area contributed by atoms with Crippen LogP contribution in [0.4, 0.5) is 17.6 Å². The van der Waals surface area contributed by atoms with Crippen molar-refractivity contribution < 1.29 is 22.3 Å². The molecule has 1 saturated heterocycles. The summed E-state index contributed by atoms with van der Waals surface area (Å²) in [5.74, 6) is -3.01. The molecule has 1 nitrogen and oxygen atoms in total. The zero-order valence-corrected chi connectivity index (χ0v) is 21.9. The first-order chi connectivity index (χ1) is 16.4. The third-order valence-electron chi connectivity index (χ3n) is 5.40. The zero-order valence-electron chi connectivity index (χ0n) is 21.9. The van der Waals surface area contributed by atoms with Gasteiger partial charge in [0.15, 0.2) is 17.5 Å². The largest absolute Gasteiger partial charge is 0.378 e. The van der Waals surface area contributed by atoms with Gasteiger partial charge in [0, 0.05) is 6.61 Å². The van der Waals surface area contributed by atoms with Gasteiger partial charge >= 0.3 is 0 Å². The molecule has 192 valence electrons. The summed E-state index contributed by atoms with van der Waals surface area (Å²) in [6.07, 6.45) is 3.12. The van der Waals surface area contributed by atoms with Crippen LogP contribution in [0.2, 0.25) is 0 Å². The molecule has 0 saturated carbocycles. The van der Waals surface area contributed by atoms with Gasteiger partial charge in [0.05, 0.1) is 6.10 Å². The highest BCUT2D eigenvalue weighted by atomic mass is 19.2. The highest BCUT2D eigenvalue weighted by Gasteiger charge is 2.13. The van der Waals surface area contributed by atoms with Gasteiger partial charge < -0.3 is 4.74 Å².